The molecule has 1 aliphatic heterocycles. The molecular weight excluding hydrogens is 524 g/mol. The van der Waals surface area contributed by atoms with Crippen molar-refractivity contribution < 1.29 is 19.3 Å². The van der Waals surface area contributed by atoms with Crippen molar-refractivity contribution >= 4 is 8.07 Å². The molecular formula is C31H42N2O6Si. The van der Waals surface area contributed by atoms with Gasteiger partial charge in [0.25, 0.3) is 5.56 Å². The van der Waals surface area contributed by atoms with E-state index in [4.69, 9.17) is 14.2 Å². The molecule has 2 N–H and O–H groups in total. The van der Waals surface area contributed by atoms with Crippen LogP contribution in [-0.4, -0.2) is 47.1 Å². The zero-order chi connectivity index (χ0) is 28.6. The smallest absolute Gasteiger partial charge is 0.330 e. The lowest BCUT2D eigenvalue weighted by molar-refractivity contribution is -0.158. The van der Waals surface area contributed by atoms with Crippen molar-refractivity contribution in [1.29, 1.82) is 0 Å². The van der Waals surface area contributed by atoms with E-state index in [-0.39, 0.29) is 13.2 Å². The van der Waals surface area contributed by atoms with Gasteiger partial charge in [0.15, 0.2) is 6.23 Å². The molecule has 4 atom stereocenters. The van der Waals surface area contributed by atoms with E-state index in [2.05, 4.69) is 25.8 Å². The monoisotopic (exact) mass is 566 g/mol. The number of nitrogens with zero attached hydrogens (tertiary/aromatic N) is 1. The first-order valence-electron chi connectivity index (χ1n) is 14.3. The van der Waals surface area contributed by atoms with Crippen LogP contribution in [0.25, 0.3) is 0 Å². The number of benzene rings is 2. The average Bonchev–Trinajstić information content (AvgIpc) is 3.25. The van der Waals surface area contributed by atoms with Gasteiger partial charge in [0.05, 0.1) is 27.9 Å². The van der Waals surface area contributed by atoms with Crippen LogP contribution < -0.4 is 11.2 Å². The lowest BCUT2D eigenvalue weighted by atomic mass is 9.92. The quantitative estimate of drug-likeness (QED) is 0.270. The number of nitrogens with one attached hydrogen (secondary N) is 1. The van der Waals surface area contributed by atoms with Gasteiger partial charge in [-0.05, 0) is 17.5 Å². The van der Waals surface area contributed by atoms with Crippen molar-refractivity contribution in [3.05, 3.63) is 105 Å². The molecule has 1 aromatic heterocycles. The number of hydrogen-bond donors (Lipinski definition) is 2. The average molecular weight is 567 g/mol. The van der Waals surface area contributed by atoms with Crippen LogP contribution in [0, 0.1) is 0 Å². The molecule has 8 nitrogen and oxygen atoms in total. The molecule has 4 rings (SSSR count). The van der Waals surface area contributed by atoms with E-state index in [1.807, 2.05) is 60.7 Å². The summed E-state index contributed by atoms with van der Waals surface area (Å²) in [6.45, 7) is 7.66. The summed E-state index contributed by atoms with van der Waals surface area (Å²) < 4.78 is 20.7. The van der Waals surface area contributed by atoms with Crippen molar-refractivity contribution in [2.24, 2.45) is 0 Å². The van der Waals surface area contributed by atoms with Crippen LogP contribution in [-0.2, 0) is 27.4 Å². The third-order valence-corrected chi connectivity index (χ3v) is 14.5. The first-order chi connectivity index (χ1) is 19.3. The molecule has 2 heterocycles. The lowest BCUT2D eigenvalue weighted by Gasteiger charge is -2.38. The molecule has 2 aromatic carbocycles. The summed E-state index contributed by atoms with van der Waals surface area (Å²) in [5.74, 6) is 0. The Labute approximate surface area is 237 Å². The largest absolute Gasteiger partial charge is 0.386 e. The van der Waals surface area contributed by atoms with Gasteiger partial charge in [-0.1, -0.05) is 106 Å². The van der Waals surface area contributed by atoms with Crippen LogP contribution in [0.1, 0.15) is 44.5 Å². The summed E-state index contributed by atoms with van der Waals surface area (Å²) in [7, 11) is -1.58. The fourth-order valence-corrected chi connectivity index (χ4v) is 9.27. The van der Waals surface area contributed by atoms with Crippen LogP contribution in [0.3, 0.4) is 0 Å². The van der Waals surface area contributed by atoms with Crippen LogP contribution >= 0.6 is 0 Å². The van der Waals surface area contributed by atoms with Gasteiger partial charge in [-0.3, -0.25) is 14.3 Å². The number of rotatable bonds is 14. The van der Waals surface area contributed by atoms with Crippen LogP contribution in [0.4, 0.5) is 0 Å². The topological polar surface area (TPSA) is 103 Å². The van der Waals surface area contributed by atoms with E-state index in [1.165, 1.54) is 16.8 Å². The Kier molecular flexibility index (Phi) is 10.3. The molecule has 0 saturated carbocycles. The summed E-state index contributed by atoms with van der Waals surface area (Å²) in [4.78, 5) is 26.8. The molecule has 40 heavy (non-hydrogen) atoms. The molecule has 0 spiro atoms. The molecule has 1 saturated heterocycles. The fourth-order valence-electron chi connectivity index (χ4n) is 5.76. The normalized spacial score (nSPS) is 22.9. The van der Waals surface area contributed by atoms with Crippen molar-refractivity contribution in [3.63, 3.8) is 0 Å². The SMILES string of the molecule is CC[Si](CC)(CC)CC[C@]1(COCc2ccccc2)O[C@@H](n2ccc(=O)[nH]c2=O)[C@H](O)[C@@H]1OCc1ccccc1. The number of aliphatic hydroxyl groups excluding tert-OH is 1. The van der Waals surface area contributed by atoms with Gasteiger partial charge in [-0.15, -0.1) is 0 Å². The summed E-state index contributed by atoms with van der Waals surface area (Å²) in [6.07, 6.45) is -0.952. The predicted molar refractivity (Wildman–Crippen MR) is 158 cm³/mol. The minimum Gasteiger partial charge on any atom is -0.386 e. The van der Waals surface area contributed by atoms with E-state index >= 15 is 0 Å². The van der Waals surface area contributed by atoms with Gasteiger partial charge >= 0.3 is 5.69 Å². The molecule has 0 bridgehead atoms. The highest BCUT2D eigenvalue weighted by Gasteiger charge is 2.57. The zero-order valence-electron chi connectivity index (χ0n) is 23.8. The highest BCUT2D eigenvalue weighted by molar-refractivity contribution is 6.79. The van der Waals surface area contributed by atoms with Gasteiger partial charge in [0.2, 0.25) is 0 Å². The maximum Gasteiger partial charge on any atom is 0.330 e. The van der Waals surface area contributed by atoms with Crippen molar-refractivity contribution in [3.8, 4) is 0 Å². The summed E-state index contributed by atoms with van der Waals surface area (Å²) >= 11 is 0. The number of aromatic nitrogens is 2. The maximum absolute atomic E-state index is 12.8. The fraction of sp³-hybridized carbons (Fsp3) is 0.484. The molecule has 0 unspecified atom stereocenters. The van der Waals surface area contributed by atoms with Crippen molar-refractivity contribution in [2.45, 2.75) is 88.6 Å². The maximum atomic E-state index is 12.8. The number of H-pyrrole nitrogens is 1. The van der Waals surface area contributed by atoms with E-state index in [0.29, 0.717) is 13.0 Å². The number of ether oxygens (including phenoxy) is 3. The zero-order valence-corrected chi connectivity index (χ0v) is 24.8. The second kappa shape index (κ2) is 13.7. The minimum absolute atomic E-state index is 0.189. The summed E-state index contributed by atoms with van der Waals surface area (Å²) in [5.41, 5.74) is -0.142. The van der Waals surface area contributed by atoms with Crippen LogP contribution in [0.2, 0.25) is 24.2 Å². The van der Waals surface area contributed by atoms with E-state index in [1.54, 1.807) is 0 Å². The van der Waals surface area contributed by atoms with Gasteiger partial charge in [0, 0.05) is 12.3 Å². The highest BCUT2D eigenvalue weighted by atomic mass is 28.3. The summed E-state index contributed by atoms with van der Waals surface area (Å²) in [6, 6.07) is 25.4. The Hall–Kier alpha value is -2.82. The molecule has 1 aliphatic rings. The Balaban J connectivity index is 1.70. The number of aliphatic hydroxyl groups is 1. The Morgan fingerprint density at radius 3 is 2.10 bits per heavy atom. The number of aromatic amines is 1. The molecule has 3 aromatic rings. The van der Waals surface area contributed by atoms with Crippen molar-refractivity contribution in [2.75, 3.05) is 6.61 Å². The third-order valence-electron chi connectivity index (χ3n) is 8.66. The molecule has 9 heteroatoms. The first kappa shape index (κ1) is 30.1. The van der Waals surface area contributed by atoms with E-state index in [0.717, 1.165) is 35.3 Å². The van der Waals surface area contributed by atoms with Crippen LogP contribution in [0.5, 0.6) is 0 Å². The first-order valence-corrected chi connectivity index (χ1v) is 17.1. The third kappa shape index (κ3) is 6.90. The molecule has 0 aliphatic carbocycles. The van der Waals surface area contributed by atoms with Crippen LogP contribution in [0.15, 0.2) is 82.5 Å². The molecule has 0 amide bonds. The Morgan fingerprint density at radius 1 is 0.925 bits per heavy atom. The van der Waals surface area contributed by atoms with Gasteiger partial charge in [-0.2, -0.15) is 0 Å². The summed E-state index contributed by atoms with van der Waals surface area (Å²) in [5, 5.41) is 11.7. The van der Waals surface area contributed by atoms with E-state index in [9.17, 15) is 14.7 Å². The molecule has 216 valence electrons. The van der Waals surface area contributed by atoms with Gasteiger partial charge in [-0.25, -0.2) is 4.79 Å². The highest BCUT2D eigenvalue weighted by Crippen LogP contribution is 2.44. The number of hydrogen-bond acceptors (Lipinski definition) is 6. The van der Waals surface area contributed by atoms with E-state index < -0.39 is 43.4 Å². The standard InChI is InChI=1S/C31H42N2O6Si/c1-4-40(5-2,6-3)20-18-31(23-37-21-24-13-9-7-10-14-24)28(38-22-25-15-11-8-12-16-25)27(35)29(39-31)33-19-17-26(34)32-30(33)36/h7-17,19,27-29,35H,4-6,18,20-23H2,1-3H3,(H,32,34,36)/t27-,28+,29-,31-/m1/s1. The van der Waals surface area contributed by atoms with Gasteiger partial charge in [0.1, 0.15) is 17.8 Å². The Bertz CT molecular complexity index is 1300. The Morgan fingerprint density at radius 2 is 1.52 bits per heavy atom. The second-order valence-electron chi connectivity index (χ2n) is 10.8. The van der Waals surface area contributed by atoms with Crippen molar-refractivity contribution in [1.82, 2.24) is 9.55 Å². The molecule has 0 radical (unpaired) electrons. The molecule has 1 fully saturated rings. The second-order valence-corrected chi connectivity index (χ2v) is 16.5. The minimum atomic E-state index is -1.58. The van der Waals surface area contributed by atoms with Gasteiger partial charge < -0.3 is 19.3 Å². The lowest BCUT2D eigenvalue weighted by Crippen LogP contribution is -2.50. The predicted octanol–water partition coefficient (Wildman–Crippen LogP) is 4.87.